The van der Waals surface area contributed by atoms with Crippen molar-refractivity contribution in [2.24, 2.45) is 0 Å². The summed E-state index contributed by atoms with van der Waals surface area (Å²) in [6.07, 6.45) is 0. The Balaban J connectivity index is 1.85. The average Bonchev–Trinajstić information content (AvgIpc) is 2.96. The number of amides is 1. The van der Waals surface area contributed by atoms with Gasteiger partial charge in [0.1, 0.15) is 0 Å². The summed E-state index contributed by atoms with van der Waals surface area (Å²) in [5.74, 6) is -0.763. The first-order valence-corrected chi connectivity index (χ1v) is 7.58. The maximum atomic E-state index is 12.6. The van der Waals surface area contributed by atoms with Crippen LogP contribution >= 0.6 is 0 Å². The highest BCUT2D eigenvalue weighted by molar-refractivity contribution is 6.10. The molecule has 0 spiro atoms. The van der Waals surface area contributed by atoms with E-state index in [1.807, 2.05) is 30.3 Å². The third-order valence-corrected chi connectivity index (χ3v) is 4.30. The van der Waals surface area contributed by atoms with Gasteiger partial charge in [-0.2, -0.15) is 5.26 Å². The molecule has 1 aliphatic heterocycles. The molecule has 3 rings (SSSR count). The van der Waals surface area contributed by atoms with Crippen LogP contribution in [0.4, 0.5) is 5.69 Å². The molecule has 0 saturated heterocycles. The first kappa shape index (κ1) is 15.8. The number of benzene rings is 2. The number of methoxy groups -OCH3 is 1. The predicted molar refractivity (Wildman–Crippen MR) is 88.5 cm³/mol. The number of carbonyl (C=O) groups excluding carboxylic acids is 2. The number of ether oxygens (including phenoxy) is 1. The predicted octanol–water partition coefficient (Wildman–Crippen LogP) is 3.00. The van der Waals surface area contributed by atoms with Crippen molar-refractivity contribution in [3.63, 3.8) is 0 Å². The Morgan fingerprint density at radius 2 is 1.96 bits per heavy atom. The van der Waals surface area contributed by atoms with Crippen LogP contribution in [-0.2, 0) is 16.1 Å². The van der Waals surface area contributed by atoms with Gasteiger partial charge in [0.05, 0.1) is 31.2 Å². The van der Waals surface area contributed by atoms with E-state index in [2.05, 4.69) is 6.07 Å². The van der Waals surface area contributed by atoms with Gasteiger partial charge < -0.3 is 9.64 Å². The van der Waals surface area contributed by atoms with Crippen LogP contribution in [0, 0.1) is 11.3 Å². The van der Waals surface area contributed by atoms with Gasteiger partial charge in [-0.05, 0) is 42.3 Å². The van der Waals surface area contributed by atoms with Gasteiger partial charge in [-0.25, -0.2) is 0 Å². The Kier molecular flexibility index (Phi) is 4.05. The maximum Gasteiger partial charge on any atom is 0.312 e. The minimum Gasteiger partial charge on any atom is -0.469 e. The number of esters is 1. The highest BCUT2D eigenvalue weighted by atomic mass is 16.5. The fourth-order valence-electron chi connectivity index (χ4n) is 2.83. The lowest BCUT2D eigenvalue weighted by molar-refractivity contribution is -0.141. The molecule has 0 radical (unpaired) electrons. The molecule has 1 aliphatic rings. The maximum absolute atomic E-state index is 12.6. The number of anilines is 1. The van der Waals surface area contributed by atoms with Crippen molar-refractivity contribution in [2.45, 2.75) is 19.4 Å². The molecule has 0 saturated carbocycles. The largest absolute Gasteiger partial charge is 0.469 e. The van der Waals surface area contributed by atoms with Crippen LogP contribution in [0.2, 0.25) is 0 Å². The van der Waals surface area contributed by atoms with Crippen LogP contribution in [0.3, 0.4) is 0 Å². The van der Waals surface area contributed by atoms with E-state index in [1.54, 1.807) is 24.0 Å². The number of hydrogen-bond donors (Lipinski definition) is 0. The van der Waals surface area contributed by atoms with E-state index in [1.165, 1.54) is 7.11 Å². The van der Waals surface area contributed by atoms with Crippen molar-refractivity contribution < 1.29 is 14.3 Å². The van der Waals surface area contributed by atoms with Crippen molar-refractivity contribution in [3.8, 4) is 6.07 Å². The summed E-state index contributed by atoms with van der Waals surface area (Å²) in [6, 6.07) is 14.5. The summed E-state index contributed by atoms with van der Waals surface area (Å²) in [6.45, 7) is 2.26. The van der Waals surface area contributed by atoms with E-state index in [-0.39, 0.29) is 17.8 Å². The van der Waals surface area contributed by atoms with Crippen molar-refractivity contribution in [3.05, 3.63) is 64.7 Å². The lowest BCUT2D eigenvalue weighted by Crippen LogP contribution is -2.23. The van der Waals surface area contributed by atoms with Gasteiger partial charge in [0, 0.05) is 11.3 Å². The molecular formula is C19H16N2O3. The second-order valence-corrected chi connectivity index (χ2v) is 5.71. The summed E-state index contributed by atoms with van der Waals surface area (Å²) in [4.78, 5) is 25.8. The number of nitrogens with zero attached hydrogens (tertiary/aromatic N) is 2. The molecule has 0 aromatic heterocycles. The monoisotopic (exact) mass is 320 g/mol. The quantitative estimate of drug-likeness (QED) is 0.815. The van der Waals surface area contributed by atoms with Crippen molar-refractivity contribution in [1.82, 2.24) is 0 Å². The van der Waals surface area contributed by atoms with Gasteiger partial charge >= 0.3 is 5.97 Å². The summed E-state index contributed by atoms with van der Waals surface area (Å²) < 4.78 is 4.75. The van der Waals surface area contributed by atoms with Gasteiger partial charge in [0.25, 0.3) is 5.91 Å². The van der Waals surface area contributed by atoms with Crippen LogP contribution in [-0.4, -0.2) is 19.0 Å². The molecule has 120 valence electrons. The van der Waals surface area contributed by atoms with Crippen LogP contribution < -0.4 is 4.90 Å². The van der Waals surface area contributed by atoms with E-state index < -0.39 is 0 Å². The van der Waals surface area contributed by atoms with E-state index in [0.29, 0.717) is 17.7 Å². The lowest BCUT2D eigenvalue weighted by Gasteiger charge is -2.17. The molecule has 0 bridgehead atoms. The summed E-state index contributed by atoms with van der Waals surface area (Å²) in [5, 5.41) is 8.97. The molecule has 0 N–H and O–H groups in total. The number of nitriles is 1. The molecule has 1 heterocycles. The standard InChI is InChI=1S/C19H16N2O3/c1-12(19(23)24-2)14-5-7-16(8-6-14)21-11-15-4-3-13(10-20)9-17(15)18(21)22/h3-9,12H,11H2,1-2H3. The highest BCUT2D eigenvalue weighted by Crippen LogP contribution is 2.30. The van der Waals surface area contributed by atoms with Crippen molar-refractivity contribution in [2.75, 3.05) is 12.0 Å². The first-order valence-electron chi connectivity index (χ1n) is 7.58. The second kappa shape index (κ2) is 6.17. The molecule has 1 atom stereocenters. The normalized spacial score (nSPS) is 14.0. The third kappa shape index (κ3) is 2.63. The Morgan fingerprint density at radius 3 is 2.58 bits per heavy atom. The molecule has 1 unspecified atom stereocenters. The van der Waals surface area contributed by atoms with E-state index in [4.69, 9.17) is 10.00 Å². The van der Waals surface area contributed by atoms with Gasteiger partial charge in [-0.1, -0.05) is 18.2 Å². The summed E-state index contributed by atoms with van der Waals surface area (Å²) in [7, 11) is 1.36. The fraction of sp³-hybridized carbons (Fsp3) is 0.211. The molecule has 0 aliphatic carbocycles. The molecule has 5 heteroatoms. The summed E-state index contributed by atoms with van der Waals surface area (Å²) >= 11 is 0. The number of hydrogen-bond acceptors (Lipinski definition) is 4. The number of fused-ring (bicyclic) bond motifs is 1. The molecule has 1 amide bonds. The Hall–Kier alpha value is -3.13. The molecular weight excluding hydrogens is 304 g/mol. The van der Waals surface area contributed by atoms with Crippen LogP contribution in [0.5, 0.6) is 0 Å². The van der Waals surface area contributed by atoms with E-state index in [9.17, 15) is 9.59 Å². The number of carbonyl (C=O) groups is 2. The lowest BCUT2D eigenvalue weighted by atomic mass is 10.0. The van der Waals surface area contributed by atoms with Gasteiger partial charge in [0.15, 0.2) is 0 Å². The van der Waals surface area contributed by atoms with Crippen molar-refractivity contribution in [1.29, 1.82) is 5.26 Å². The molecule has 2 aromatic carbocycles. The van der Waals surface area contributed by atoms with Gasteiger partial charge in [-0.3, -0.25) is 9.59 Å². The van der Waals surface area contributed by atoms with Gasteiger partial charge in [-0.15, -0.1) is 0 Å². The van der Waals surface area contributed by atoms with Gasteiger partial charge in [0.2, 0.25) is 0 Å². The van der Waals surface area contributed by atoms with Crippen LogP contribution in [0.1, 0.15) is 39.9 Å². The molecule has 24 heavy (non-hydrogen) atoms. The Morgan fingerprint density at radius 1 is 1.25 bits per heavy atom. The minimum absolute atomic E-state index is 0.115. The van der Waals surface area contributed by atoms with Crippen LogP contribution in [0.15, 0.2) is 42.5 Å². The first-order chi connectivity index (χ1) is 11.5. The van der Waals surface area contributed by atoms with E-state index in [0.717, 1.165) is 16.8 Å². The zero-order chi connectivity index (χ0) is 17.3. The average molecular weight is 320 g/mol. The number of rotatable bonds is 3. The van der Waals surface area contributed by atoms with E-state index >= 15 is 0 Å². The SMILES string of the molecule is COC(=O)C(C)c1ccc(N2Cc3ccc(C#N)cc3C2=O)cc1. The second-order valence-electron chi connectivity index (χ2n) is 5.71. The summed E-state index contributed by atoms with van der Waals surface area (Å²) in [5.41, 5.74) is 3.55. The smallest absolute Gasteiger partial charge is 0.312 e. The molecule has 0 fully saturated rings. The molecule has 2 aromatic rings. The Bertz CT molecular complexity index is 850. The van der Waals surface area contributed by atoms with Crippen molar-refractivity contribution >= 4 is 17.6 Å². The minimum atomic E-state index is -0.353. The Labute approximate surface area is 140 Å². The zero-order valence-electron chi connectivity index (χ0n) is 13.4. The fourth-order valence-corrected chi connectivity index (χ4v) is 2.83. The zero-order valence-corrected chi connectivity index (χ0v) is 13.4. The van der Waals surface area contributed by atoms with Crippen LogP contribution in [0.25, 0.3) is 0 Å². The highest BCUT2D eigenvalue weighted by Gasteiger charge is 2.28. The molecule has 5 nitrogen and oxygen atoms in total. The third-order valence-electron chi connectivity index (χ3n) is 4.30. The topological polar surface area (TPSA) is 70.4 Å².